The zero-order valence-electron chi connectivity index (χ0n) is 4.76. The van der Waals surface area contributed by atoms with Crippen LogP contribution in [-0.4, -0.2) is 4.55 Å². The Balaban J connectivity index is 2.37. The molecular weight excluding hydrogens is 120 g/mol. The third kappa shape index (κ3) is 1.53. The maximum atomic E-state index is 8.54. The molecule has 0 radical (unpaired) electrons. The second kappa shape index (κ2) is 3.15. The summed E-state index contributed by atoms with van der Waals surface area (Å²) in [4.78, 5) is 1.15. The molecule has 0 aromatic carbocycles. The molecule has 0 spiro atoms. The Morgan fingerprint density at radius 2 is 2.38 bits per heavy atom. The van der Waals surface area contributed by atoms with Gasteiger partial charge in [-0.25, -0.2) is 0 Å². The molecule has 1 N–H and O–H groups in total. The Labute approximate surface area is 54.0 Å². The lowest BCUT2D eigenvalue weighted by Gasteiger charge is -2.06. The fraction of sp³-hybridized carbons (Fsp3) is 0.667. The van der Waals surface area contributed by atoms with E-state index in [0.29, 0.717) is 0 Å². The van der Waals surface area contributed by atoms with Gasteiger partial charge in [-0.05, 0) is 25.7 Å². The van der Waals surface area contributed by atoms with Crippen molar-refractivity contribution in [3.63, 3.8) is 0 Å². The zero-order chi connectivity index (χ0) is 5.82. The fourth-order valence-corrected chi connectivity index (χ4v) is 1.32. The molecule has 0 amide bonds. The highest BCUT2D eigenvalue weighted by Crippen LogP contribution is 2.24. The Kier molecular flexibility index (Phi) is 2.43. The predicted octanol–water partition coefficient (Wildman–Crippen LogP) is 2.65. The third-order valence-electron chi connectivity index (χ3n) is 1.37. The van der Waals surface area contributed by atoms with Crippen LogP contribution in [0.2, 0.25) is 0 Å². The monoisotopic (exact) mass is 130 g/mol. The van der Waals surface area contributed by atoms with E-state index >= 15 is 0 Å². The van der Waals surface area contributed by atoms with E-state index in [1.807, 2.05) is 0 Å². The van der Waals surface area contributed by atoms with Crippen LogP contribution in [0.3, 0.4) is 0 Å². The predicted molar refractivity (Wildman–Crippen MR) is 36.8 cm³/mol. The maximum absolute atomic E-state index is 8.54. The molecule has 0 bridgehead atoms. The summed E-state index contributed by atoms with van der Waals surface area (Å²) < 4.78 is 8.54. The van der Waals surface area contributed by atoms with Gasteiger partial charge in [0, 0.05) is 16.9 Å². The summed E-state index contributed by atoms with van der Waals surface area (Å²) in [7, 11) is 0. The van der Waals surface area contributed by atoms with E-state index in [9.17, 15) is 0 Å². The molecule has 0 saturated heterocycles. The number of allylic oxidation sites excluding steroid dienone is 2. The van der Waals surface area contributed by atoms with Crippen molar-refractivity contribution in [3.05, 3.63) is 11.0 Å². The summed E-state index contributed by atoms with van der Waals surface area (Å²) in [6, 6.07) is 0. The quantitative estimate of drug-likeness (QED) is 0.551. The first kappa shape index (κ1) is 6.17. The van der Waals surface area contributed by atoms with Crippen LogP contribution in [0, 0.1) is 0 Å². The van der Waals surface area contributed by atoms with Gasteiger partial charge in [-0.2, -0.15) is 0 Å². The first-order valence-electron chi connectivity index (χ1n) is 2.94. The molecule has 0 saturated carbocycles. The van der Waals surface area contributed by atoms with E-state index in [0.717, 1.165) is 29.8 Å². The molecule has 46 valence electrons. The Morgan fingerprint density at radius 3 is 2.75 bits per heavy atom. The second-order valence-corrected chi connectivity index (χ2v) is 2.71. The number of hydrogen-bond acceptors (Lipinski definition) is 2. The summed E-state index contributed by atoms with van der Waals surface area (Å²) in [6.45, 7) is 0. The van der Waals surface area contributed by atoms with E-state index in [2.05, 4.69) is 6.08 Å². The van der Waals surface area contributed by atoms with E-state index in [4.69, 9.17) is 4.55 Å². The minimum absolute atomic E-state index is 0.907. The van der Waals surface area contributed by atoms with Crippen molar-refractivity contribution in [1.82, 2.24) is 0 Å². The zero-order valence-corrected chi connectivity index (χ0v) is 5.58. The summed E-state index contributed by atoms with van der Waals surface area (Å²) in [5, 5.41) is 0. The summed E-state index contributed by atoms with van der Waals surface area (Å²) in [5.41, 5.74) is 0. The van der Waals surface area contributed by atoms with Gasteiger partial charge >= 0.3 is 0 Å². The van der Waals surface area contributed by atoms with E-state index in [1.54, 1.807) is 0 Å². The van der Waals surface area contributed by atoms with Crippen LogP contribution in [0.1, 0.15) is 25.7 Å². The first-order chi connectivity index (χ1) is 3.93. The smallest absolute Gasteiger partial charge is 0.0196 e. The lowest BCUT2D eigenvalue weighted by Crippen LogP contribution is -1.86. The van der Waals surface area contributed by atoms with E-state index in [1.165, 1.54) is 12.8 Å². The topological polar surface area (TPSA) is 20.2 Å². The van der Waals surface area contributed by atoms with Crippen molar-refractivity contribution in [2.75, 3.05) is 0 Å². The maximum Gasteiger partial charge on any atom is 0.0196 e. The molecule has 1 aliphatic rings. The molecule has 8 heavy (non-hydrogen) atoms. The van der Waals surface area contributed by atoms with Gasteiger partial charge in [-0.1, -0.05) is 6.08 Å². The molecule has 0 aromatic heterocycles. The third-order valence-corrected chi connectivity index (χ3v) is 1.97. The van der Waals surface area contributed by atoms with Gasteiger partial charge in [0.2, 0.25) is 0 Å². The largest absolute Gasteiger partial charge is 0.326 e. The van der Waals surface area contributed by atoms with Gasteiger partial charge in [-0.3, -0.25) is 0 Å². The van der Waals surface area contributed by atoms with Gasteiger partial charge in [0.05, 0.1) is 0 Å². The summed E-state index contributed by atoms with van der Waals surface area (Å²) >= 11 is 0.907. The van der Waals surface area contributed by atoms with Crippen LogP contribution in [0.5, 0.6) is 0 Å². The van der Waals surface area contributed by atoms with Crippen molar-refractivity contribution in [3.8, 4) is 0 Å². The van der Waals surface area contributed by atoms with Gasteiger partial charge in [0.15, 0.2) is 0 Å². The highest BCUT2D eigenvalue weighted by atomic mass is 32.2. The molecule has 1 rings (SSSR count). The molecule has 0 atom stereocenters. The molecule has 0 aromatic rings. The van der Waals surface area contributed by atoms with Gasteiger partial charge in [0.1, 0.15) is 0 Å². The molecule has 0 heterocycles. The van der Waals surface area contributed by atoms with Crippen molar-refractivity contribution in [2.45, 2.75) is 25.7 Å². The molecule has 1 nitrogen and oxygen atoms in total. The molecule has 0 fully saturated rings. The van der Waals surface area contributed by atoms with Crippen molar-refractivity contribution >= 4 is 12.0 Å². The molecule has 0 aliphatic heterocycles. The SMILES string of the molecule is OSC1=CCCCC1. The van der Waals surface area contributed by atoms with Crippen LogP contribution in [-0.2, 0) is 0 Å². The average Bonchev–Trinajstić information content (AvgIpc) is 1.90. The van der Waals surface area contributed by atoms with Crippen LogP contribution in [0.15, 0.2) is 11.0 Å². The number of rotatable bonds is 1. The van der Waals surface area contributed by atoms with Crippen molar-refractivity contribution < 1.29 is 4.55 Å². The molecule has 2 heteroatoms. The minimum Gasteiger partial charge on any atom is -0.326 e. The fourth-order valence-electron chi connectivity index (χ4n) is 0.892. The van der Waals surface area contributed by atoms with E-state index in [-0.39, 0.29) is 0 Å². The molecule has 0 unspecified atom stereocenters. The second-order valence-electron chi connectivity index (χ2n) is 2.01. The normalized spacial score (nSPS) is 20.4. The van der Waals surface area contributed by atoms with Gasteiger partial charge < -0.3 is 4.55 Å². The Hall–Kier alpha value is 0.0500. The van der Waals surface area contributed by atoms with Gasteiger partial charge in [0.25, 0.3) is 0 Å². The first-order valence-corrected chi connectivity index (χ1v) is 3.71. The summed E-state index contributed by atoms with van der Waals surface area (Å²) in [5.74, 6) is 0. The lowest BCUT2D eigenvalue weighted by molar-refractivity contribution is 0.657. The van der Waals surface area contributed by atoms with Crippen LogP contribution in [0.4, 0.5) is 0 Å². The van der Waals surface area contributed by atoms with Crippen molar-refractivity contribution in [2.24, 2.45) is 0 Å². The Morgan fingerprint density at radius 1 is 1.50 bits per heavy atom. The standard InChI is InChI=1S/C6H10OS/c7-8-6-4-2-1-3-5-6/h4,7H,1-3,5H2. The van der Waals surface area contributed by atoms with Crippen LogP contribution < -0.4 is 0 Å². The highest BCUT2D eigenvalue weighted by molar-refractivity contribution is 7.97. The van der Waals surface area contributed by atoms with E-state index < -0.39 is 0 Å². The molecular formula is C6H10OS. The number of hydrogen-bond donors (Lipinski definition) is 1. The van der Waals surface area contributed by atoms with Crippen LogP contribution >= 0.6 is 12.0 Å². The molecule has 1 aliphatic carbocycles. The lowest BCUT2D eigenvalue weighted by atomic mass is 10.1. The van der Waals surface area contributed by atoms with Gasteiger partial charge in [-0.15, -0.1) is 0 Å². The minimum atomic E-state index is 0.907. The highest BCUT2D eigenvalue weighted by Gasteiger charge is 2.01. The average molecular weight is 130 g/mol. The van der Waals surface area contributed by atoms with Crippen LogP contribution in [0.25, 0.3) is 0 Å². The summed E-state index contributed by atoms with van der Waals surface area (Å²) in [6.07, 6.45) is 6.90. The Bertz CT molecular complexity index is 98.7. The van der Waals surface area contributed by atoms with Crippen molar-refractivity contribution in [1.29, 1.82) is 0 Å².